The Balaban J connectivity index is 1.48. The molecule has 0 unspecified atom stereocenters. The van der Waals surface area contributed by atoms with Gasteiger partial charge >= 0.3 is 6.03 Å². The standard InChI is InChI=1S/C21H25N5O2/c1-15(27)23-18-7-4-6-16-14-26(13-9-17(16)18)21(28)24-19-8-5-10-22-20(19)25-11-2-3-12-25/h4-8,10H,2-3,9,11-14H2,1H3,(H,23,27)(H,24,28). The number of carbonyl (C=O) groups is 2. The maximum absolute atomic E-state index is 12.9. The smallest absolute Gasteiger partial charge is 0.322 e. The predicted molar refractivity (Wildman–Crippen MR) is 110 cm³/mol. The summed E-state index contributed by atoms with van der Waals surface area (Å²) < 4.78 is 0. The summed E-state index contributed by atoms with van der Waals surface area (Å²) in [5.74, 6) is 0.762. The molecule has 7 heteroatoms. The summed E-state index contributed by atoms with van der Waals surface area (Å²) in [6, 6.07) is 9.47. The number of benzene rings is 1. The Hall–Kier alpha value is -3.09. The molecule has 2 N–H and O–H groups in total. The van der Waals surface area contributed by atoms with Gasteiger partial charge in [-0.2, -0.15) is 0 Å². The lowest BCUT2D eigenvalue weighted by Gasteiger charge is -2.30. The van der Waals surface area contributed by atoms with Crippen LogP contribution in [-0.2, 0) is 17.8 Å². The van der Waals surface area contributed by atoms with Crippen LogP contribution in [0.3, 0.4) is 0 Å². The summed E-state index contributed by atoms with van der Waals surface area (Å²) in [7, 11) is 0. The number of anilines is 3. The first kappa shape index (κ1) is 18.3. The van der Waals surface area contributed by atoms with Crippen LogP contribution < -0.4 is 15.5 Å². The Kier molecular flexibility index (Phi) is 5.14. The SMILES string of the molecule is CC(=O)Nc1cccc2c1CCN(C(=O)Nc1cccnc1N1CCCC1)C2. The lowest BCUT2D eigenvalue weighted by atomic mass is 9.98. The molecule has 0 radical (unpaired) electrons. The van der Waals surface area contributed by atoms with Crippen molar-refractivity contribution in [3.63, 3.8) is 0 Å². The Morgan fingerprint density at radius 2 is 1.79 bits per heavy atom. The molecule has 2 aliphatic heterocycles. The van der Waals surface area contributed by atoms with Gasteiger partial charge in [0.25, 0.3) is 0 Å². The number of fused-ring (bicyclic) bond motifs is 1. The second-order valence-electron chi connectivity index (χ2n) is 7.29. The maximum Gasteiger partial charge on any atom is 0.322 e. The lowest BCUT2D eigenvalue weighted by molar-refractivity contribution is -0.114. The minimum Gasteiger partial charge on any atom is -0.355 e. The first-order valence-electron chi connectivity index (χ1n) is 9.76. The number of carbonyl (C=O) groups excluding carboxylic acids is 2. The van der Waals surface area contributed by atoms with Crippen molar-refractivity contribution in [2.75, 3.05) is 35.2 Å². The summed E-state index contributed by atoms with van der Waals surface area (Å²) >= 11 is 0. The monoisotopic (exact) mass is 379 g/mol. The number of nitrogens with zero attached hydrogens (tertiary/aromatic N) is 3. The molecule has 2 aliphatic rings. The van der Waals surface area contributed by atoms with Gasteiger partial charge in [-0.1, -0.05) is 12.1 Å². The predicted octanol–water partition coefficient (Wildman–Crippen LogP) is 3.23. The summed E-state index contributed by atoms with van der Waals surface area (Å²) in [6.07, 6.45) is 4.79. The molecule has 1 aromatic heterocycles. The van der Waals surface area contributed by atoms with Crippen LogP contribution >= 0.6 is 0 Å². The van der Waals surface area contributed by atoms with E-state index in [4.69, 9.17) is 0 Å². The number of nitrogens with one attached hydrogen (secondary N) is 2. The van der Waals surface area contributed by atoms with Crippen LogP contribution in [0.25, 0.3) is 0 Å². The Bertz CT molecular complexity index is 892. The number of amides is 3. The van der Waals surface area contributed by atoms with Crippen molar-refractivity contribution >= 4 is 29.1 Å². The van der Waals surface area contributed by atoms with E-state index in [9.17, 15) is 9.59 Å². The van der Waals surface area contributed by atoms with Gasteiger partial charge in [0.15, 0.2) is 5.82 Å². The van der Waals surface area contributed by atoms with Crippen molar-refractivity contribution in [3.05, 3.63) is 47.7 Å². The third-order valence-corrected chi connectivity index (χ3v) is 5.30. The van der Waals surface area contributed by atoms with Crippen molar-refractivity contribution in [2.24, 2.45) is 0 Å². The number of urea groups is 1. The van der Waals surface area contributed by atoms with E-state index in [-0.39, 0.29) is 11.9 Å². The van der Waals surface area contributed by atoms with Crippen LogP contribution in [0.1, 0.15) is 30.9 Å². The van der Waals surface area contributed by atoms with E-state index in [1.807, 2.05) is 30.3 Å². The average Bonchev–Trinajstić information content (AvgIpc) is 3.22. The lowest BCUT2D eigenvalue weighted by Crippen LogP contribution is -2.39. The molecule has 7 nitrogen and oxygen atoms in total. The van der Waals surface area contributed by atoms with E-state index in [2.05, 4.69) is 20.5 Å². The molecule has 0 aliphatic carbocycles. The highest BCUT2D eigenvalue weighted by atomic mass is 16.2. The van der Waals surface area contributed by atoms with Crippen molar-refractivity contribution in [2.45, 2.75) is 32.7 Å². The fraction of sp³-hybridized carbons (Fsp3) is 0.381. The van der Waals surface area contributed by atoms with Gasteiger partial charge in [-0.3, -0.25) is 4.79 Å². The minimum absolute atomic E-state index is 0.0837. The van der Waals surface area contributed by atoms with Crippen LogP contribution in [-0.4, -0.2) is 41.5 Å². The highest BCUT2D eigenvalue weighted by Gasteiger charge is 2.24. The van der Waals surface area contributed by atoms with Gasteiger partial charge in [0.05, 0.1) is 5.69 Å². The van der Waals surface area contributed by atoms with Gasteiger partial charge in [0.2, 0.25) is 5.91 Å². The van der Waals surface area contributed by atoms with E-state index in [0.717, 1.165) is 54.3 Å². The number of hydrogen-bond acceptors (Lipinski definition) is 4. The topological polar surface area (TPSA) is 77.6 Å². The van der Waals surface area contributed by atoms with Crippen molar-refractivity contribution in [1.82, 2.24) is 9.88 Å². The van der Waals surface area contributed by atoms with Gasteiger partial charge in [-0.05, 0) is 48.6 Å². The molecule has 2 aromatic rings. The van der Waals surface area contributed by atoms with Crippen LogP contribution in [0.2, 0.25) is 0 Å². The molecule has 1 aromatic carbocycles. The normalized spacial score (nSPS) is 15.9. The van der Waals surface area contributed by atoms with E-state index >= 15 is 0 Å². The third kappa shape index (κ3) is 3.78. The molecule has 28 heavy (non-hydrogen) atoms. The molecular weight excluding hydrogens is 354 g/mol. The van der Waals surface area contributed by atoms with Gasteiger partial charge in [-0.15, -0.1) is 0 Å². The van der Waals surface area contributed by atoms with Gasteiger partial charge < -0.3 is 20.4 Å². The fourth-order valence-electron chi connectivity index (χ4n) is 3.96. The second-order valence-corrected chi connectivity index (χ2v) is 7.29. The summed E-state index contributed by atoms with van der Waals surface area (Å²) in [4.78, 5) is 32.8. The summed E-state index contributed by atoms with van der Waals surface area (Å²) in [6.45, 7) is 4.59. The zero-order valence-corrected chi connectivity index (χ0v) is 16.1. The van der Waals surface area contributed by atoms with E-state index in [1.165, 1.54) is 6.92 Å². The number of rotatable bonds is 3. The fourth-order valence-corrected chi connectivity index (χ4v) is 3.96. The maximum atomic E-state index is 12.9. The van der Waals surface area contributed by atoms with Crippen LogP contribution in [0, 0.1) is 0 Å². The number of pyridine rings is 1. The molecule has 0 spiro atoms. The third-order valence-electron chi connectivity index (χ3n) is 5.30. The van der Waals surface area contributed by atoms with Gasteiger partial charge in [-0.25, -0.2) is 9.78 Å². The Morgan fingerprint density at radius 1 is 1.00 bits per heavy atom. The molecule has 3 amide bonds. The average molecular weight is 379 g/mol. The van der Waals surface area contributed by atoms with E-state index < -0.39 is 0 Å². The molecule has 4 rings (SSSR count). The Morgan fingerprint density at radius 3 is 2.57 bits per heavy atom. The highest BCUT2D eigenvalue weighted by molar-refractivity contribution is 5.93. The van der Waals surface area contributed by atoms with Crippen LogP contribution in [0.15, 0.2) is 36.5 Å². The second kappa shape index (κ2) is 7.88. The number of aromatic nitrogens is 1. The molecule has 1 saturated heterocycles. The van der Waals surface area contributed by atoms with Gasteiger partial charge in [0, 0.05) is 45.0 Å². The summed E-state index contributed by atoms with van der Waals surface area (Å²) in [5, 5.41) is 5.93. The van der Waals surface area contributed by atoms with Crippen molar-refractivity contribution in [3.8, 4) is 0 Å². The van der Waals surface area contributed by atoms with E-state index in [0.29, 0.717) is 19.5 Å². The Labute approximate surface area is 164 Å². The van der Waals surface area contributed by atoms with Crippen LogP contribution in [0.5, 0.6) is 0 Å². The molecule has 3 heterocycles. The van der Waals surface area contributed by atoms with Crippen molar-refractivity contribution < 1.29 is 9.59 Å². The zero-order valence-electron chi connectivity index (χ0n) is 16.1. The quantitative estimate of drug-likeness (QED) is 0.858. The number of hydrogen-bond donors (Lipinski definition) is 2. The first-order chi connectivity index (χ1) is 13.6. The minimum atomic E-state index is -0.121. The molecule has 0 bridgehead atoms. The summed E-state index contributed by atoms with van der Waals surface area (Å²) in [5.41, 5.74) is 3.78. The largest absolute Gasteiger partial charge is 0.355 e. The van der Waals surface area contributed by atoms with E-state index in [1.54, 1.807) is 11.1 Å². The van der Waals surface area contributed by atoms with Crippen molar-refractivity contribution in [1.29, 1.82) is 0 Å². The zero-order chi connectivity index (χ0) is 19.5. The molecule has 0 atom stereocenters. The molecular formula is C21H25N5O2. The van der Waals surface area contributed by atoms with Crippen LogP contribution in [0.4, 0.5) is 22.0 Å². The molecule has 1 fully saturated rings. The first-order valence-corrected chi connectivity index (χ1v) is 9.76. The molecule has 0 saturated carbocycles. The van der Waals surface area contributed by atoms with Gasteiger partial charge in [0.1, 0.15) is 0 Å². The molecule has 146 valence electrons. The highest BCUT2D eigenvalue weighted by Crippen LogP contribution is 2.29.